The second-order valence-corrected chi connectivity index (χ2v) is 10.6. The smallest absolute Gasteiger partial charge is 0.255 e. The maximum absolute atomic E-state index is 13.6. The van der Waals surface area contributed by atoms with Crippen LogP contribution in [0.1, 0.15) is 38.5 Å². The normalized spacial score (nSPS) is 12.5. The molecular formula is C29H24F2N6OS. The van der Waals surface area contributed by atoms with E-state index in [0.29, 0.717) is 29.3 Å². The first-order valence-electron chi connectivity index (χ1n) is 12.5. The minimum absolute atomic E-state index is 0.0716. The van der Waals surface area contributed by atoms with Crippen LogP contribution in [0.3, 0.4) is 0 Å². The topological polar surface area (TPSA) is 106 Å². The van der Waals surface area contributed by atoms with Crippen LogP contribution in [-0.2, 0) is 25.9 Å². The molecule has 1 aliphatic carbocycles. The van der Waals surface area contributed by atoms with E-state index in [2.05, 4.69) is 26.7 Å². The van der Waals surface area contributed by atoms with Crippen molar-refractivity contribution >= 4 is 39.8 Å². The van der Waals surface area contributed by atoms with Gasteiger partial charge in [0.1, 0.15) is 18.0 Å². The largest absolute Gasteiger partial charge is 0.383 e. The molecule has 0 saturated heterocycles. The van der Waals surface area contributed by atoms with Crippen molar-refractivity contribution in [3.8, 4) is 10.4 Å². The van der Waals surface area contributed by atoms with Crippen molar-refractivity contribution in [3.63, 3.8) is 0 Å². The van der Waals surface area contributed by atoms with Gasteiger partial charge in [0.15, 0.2) is 11.6 Å². The number of nitrogens with zero attached hydrogens (tertiary/aromatic N) is 3. The van der Waals surface area contributed by atoms with E-state index in [9.17, 15) is 13.6 Å². The van der Waals surface area contributed by atoms with Gasteiger partial charge in [0.25, 0.3) is 5.91 Å². The van der Waals surface area contributed by atoms with E-state index in [1.165, 1.54) is 12.4 Å². The van der Waals surface area contributed by atoms with Gasteiger partial charge in [0.2, 0.25) is 0 Å². The highest BCUT2D eigenvalue weighted by atomic mass is 32.1. The number of halogens is 2. The minimum Gasteiger partial charge on any atom is -0.383 e. The average Bonchev–Trinajstić information content (AvgIpc) is 3.61. The van der Waals surface area contributed by atoms with Gasteiger partial charge in [-0.05, 0) is 78.4 Å². The Morgan fingerprint density at radius 2 is 1.87 bits per heavy atom. The zero-order valence-corrected chi connectivity index (χ0v) is 21.6. The highest BCUT2D eigenvalue weighted by Crippen LogP contribution is 2.32. The van der Waals surface area contributed by atoms with Crippen molar-refractivity contribution in [1.82, 2.24) is 20.3 Å². The molecule has 39 heavy (non-hydrogen) atoms. The maximum Gasteiger partial charge on any atom is 0.255 e. The quantitative estimate of drug-likeness (QED) is 0.246. The summed E-state index contributed by atoms with van der Waals surface area (Å²) in [5.41, 5.74) is 10.8. The summed E-state index contributed by atoms with van der Waals surface area (Å²) in [5.74, 6) is -1.25. The van der Waals surface area contributed by atoms with Gasteiger partial charge in [0.05, 0.1) is 17.6 Å². The number of rotatable bonds is 7. The molecule has 3 heterocycles. The van der Waals surface area contributed by atoms with E-state index in [0.717, 1.165) is 68.9 Å². The lowest BCUT2D eigenvalue weighted by atomic mass is 10.1. The number of hydrogen-bond donors (Lipinski definition) is 3. The molecule has 0 bridgehead atoms. The number of carbonyl (C=O) groups excluding carboxylic acids is 1. The van der Waals surface area contributed by atoms with Gasteiger partial charge in [-0.1, -0.05) is 12.1 Å². The third-order valence-electron chi connectivity index (χ3n) is 6.77. The van der Waals surface area contributed by atoms with Crippen LogP contribution in [0.15, 0.2) is 60.9 Å². The lowest BCUT2D eigenvalue weighted by molar-refractivity contribution is 0.0951. The Labute approximate surface area is 227 Å². The number of aromatic nitrogens is 3. The molecule has 10 heteroatoms. The van der Waals surface area contributed by atoms with Gasteiger partial charge >= 0.3 is 0 Å². The molecule has 6 rings (SSSR count). The zero-order chi connectivity index (χ0) is 26.9. The summed E-state index contributed by atoms with van der Waals surface area (Å²) in [5, 5.41) is 6.97. The standard InChI is InChI=1S/C29H24F2N6OS/c30-22-7-4-16(10-23(22)31)13-34-29(38)21-11-17-2-1-3-24(17)37-28(21)33-14-19-6-9-26(39-19)18-5-8-25-20(12-18)27(32)36-15-35-25/h4-12,15H,1-3,13-14H2,(H,33,37)(H,34,38)(H2,32,35,36). The number of aryl methyl sites for hydroxylation is 2. The summed E-state index contributed by atoms with van der Waals surface area (Å²) in [6.45, 7) is 0.556. The van der Waals surface area contributed by atoms with Gasteiger partial charge in [-0.2, -0.15) is 0 Å². The predicted molar refractivity (Wildman–Crippen MR) is 148 cm³/mol. The highest BCUT2D eigenvalue weighted by molar-refractivity contribution is 7.15. The summed E-state index contributed by atoms with van der Waals surface area (Å²) >= 11 is 1.63. The predicted octanol–water partition coefficient (Wildman–Crippen LogP) is 5.64. The van der Waals surface area contributed by atoms with Crippen LogP contribution in [0.4, 0.5) is 20.4 Å². The number of hydrogen-bond acceptors (Lipinski definition) is 7. The van der Waals surface area contributed by atoms with Crippen molar-refractivity contribution in [1.29, 1.82) is 0 Å². The van der Waals surface area contributed by atoms with E-state index < -0.39 is 11.6 Å². The number of fused-ring (bicyclic) bond motifs is 2. The molecule has 1 aliphatic rings. The molecule has 0 fully saturated rings. The molecular weight excluding hydrogens is 518 g/mol. The molecule has 4 N–H and O–H groups in total. The number of pyridine rings is 1. The molecule has 0 aliphatic heterocycles. The number of anilines is 2. The fourth-order valence-electron chi connectivity index (χ4n) is 4.74. The first-order chi connectivity index (χ1) is 18.9. The lowest BCUT2D eigenvalue weighted by Gasteiger charge is -2.13. The fourth-order valence-corrected chi connectivity index (χ4v) is 5.68. The Bertz CT molecular complexity index is 1720. The molecule has 0 atom stereocenters. The van der Waals surface area contributed by atoms with E-state index >= 15 is 0 Å². The van der Waals surface area contributed by atoms with Crippen molar-refractivity contribution in [2.24, 2.45) is 0 Å². The molecule has 5 aromatic rings. The molecule has 0 saturated carbocycles. The van der Waals surface area contributed by atoms with Gasteiger partial charge in [-0.25, -0.2) is 23.7 Å². The molecule has 196 valence electrons. The van der Waals surface area contributed by atoms with Crippen LogP contribution in [0.25, 0.3) is 21.3 Å². The Balaban J connectivity index is 1.20. The van der Waals surface area contributed by atoms with E-state index in [1.807, 2.05) is 30.3 Å². The second-order valence-electron chi connectivity index (χ2n) is 9.39. The third-order valence-corrected chi connectivity index (χ3v) is 7.91. The van der Waals surface area contributed by atoms with E-state index in [-0.39, 0.29) is 12.5 Å². The molecule has 3 aromatic heterocycles. The average molecular weight is 543 g/mol. The molecule has 0 unspecified atom stereocenters. The fraction of sp³-hybridized carbons (Fsp3) is 0.172. The number of nitrogens with one attached hydrogen (secondary N) is 2. The second kappa shape index (κ2) is 10.4. The van der Waals surface area contributed by atoms with Crippen LogP contribution in [0.5, 0.6) is 0 Å². The van der Waals surface area contributed by atoms with Gasteiger partial charge in [-0.15, -0.1) is 11.3 Å². The SMILES string of the molecule is Nc1ncnc2ccc(-c3ccc(CNc4nc5c(cc4C(=O)NCc4ccc(F)c(F)c4)CCC5)s3)cc12. The number of benzene rings is 2. The highest BCUT2D eigenvalue weighted by Gasteiger charge is 2.21. The van der Waals surface area contributed by atoms with Crippen LogP contribution in [0, 0.1) is 11.6 Å². The number of nitrogens with two attached hydrogens (primary N) is 1. The van der Waals surface area contributed by atoms with E-state index in [1.54, 1.807) is 11.3 Å². The van der Waals surface area contributed by atoms with Gasteiger partial charge < -0.3 is 16.4 Å². The van der Waals surface area contributed by atoms with Crippen LogP contribution >= 0.6 is 11.3 Å². The molecule has 0 spiro atoms. The number of nitrogen functional groups attached to an aromatic ring is 1. The van der Waals surface area contributed by atoms with Crippen LogP contribution in [-0.4, -0.2) is 20.9 Å². The Morgan fingerprint density at radius 3 is 2.74 bits per heavy atom. The Morgan fingerprint density at radius 1 is 0.974 bits per heavy atom. The van der Waals surface area contributed by atoms with E-state index in [4.69, 9.17) is 10.7 Å². The molecule has 7 nitrogen and oxygen atoms in total. The molecule has 0 radical (unpaired) electrons. The summed E-state index contributed by atoms with van der Waals surface area (Å²) in [7, 11) is 0. The maximum atomic E-state index is 13.6. The van der Waals surface area contributed by atoms with Crippen molar-refractivity contribution in [2.45, 2.75) is 32.4 Å². The van der Waals surface area contributed by atoms with Crippen molar-refractivity contribution < 1.29 is 13.6 Å². The zero-order valence-electron chi connectivity index (χ0n) is 20.8. The summed E-state index contributed by atoms with van der Waals surface area (Å²) in [4.78, 5) is 28.4. The lowest BCUT2D eigenvalue weighted by Crippen LogP contribution is -2.25. The summed E-state index contributed by atoms with van der Waals surface area (Å²) < 4.78 is 26.8. The number of thiophene rings is 1. The molecule has 2 aromatic carbocycles. The molecule has 1 amide bonds. The first kappa shape index (κ1) is 24.9. The summed E-state index contributed by atoms with van der Waals surface area (Å²) in [6.07, 6.45) is 4.20. The number of amides is 1. The monoisotopic (exact) mass is 542 g/mol. The Hall–Kier alpha value is -4.44. The summed E-state index contributed by atoms with van der Waals surface area (Å²) in [6, 6.07) is 15.5. The minimum atomic E-state index is -0.945. The van der Waals surface area contributed by atoms with Crippen LogP contribution in [0.2, 0.25) is 0 Å². The van der Waals surface area contributed by atoms with Gasteiger partial charge in [0, 0.05) is 27.4 Å². The first-order valence-corrected chi connectivity index (χ1v) is 13.3. The van der Waals surface area contributed by atoms with Crippen molar-refractivity contribution in [3.05, 3.63) is 99.8 Å². The third kappa shape index (κ3) is 5.15. The Kier molecular flexibility index (Phi) is 6.62. The number of carbonyl (C=O) groups is 1. The van der Waals surface area contributed by atoms with Crippen LogP contribution < -0.4 is 16.4 Å². The van der Waals surface area contributed by atoms with Gasteiger partial charge in [-0.3, -0.25) is 4.79 Å². The van der Waals surface area contributed by atoms with Crippen molar-refractivity contribution in [2.75, 3.05) is 11.1 Å².